The van der Waals surface area contributed by atoms with E-state index in [1.165, 1.54) is 0 Å². The molecule has 4 heteroatoms. The van der Waals surface area contributed by atoms with E-state index >= 15 is 0 Å². The molecule has 0 saturated carbocycles. The smallest absolute Gasteiger partial charge is 0.163 e. The molecular formula is C16H22N4. The monoisotopic (exact) mass is 270 g/mol. The van der Waals surface area contributed by atoms with E-state index in [0.29, 0.717) is 0 Å². The fourth-order valence-electron chi connectivity index (χ4n) is 1.79. The Bertz CT molecular complexity index is 564. The van der Waals surface area contributed by atoms with Crippen LogP contribution in [0.2, 0.25) is 0 Å². The Hall–Kier alpha value is -2.10. The van der Waals surface area contributed by atoms with Gasteiger partial charge in [0.25, 0.3) is 0 Å². The first kappa shape index (κ1) is 14.3. The fraction of sp³-hybridized carbons (Fsp3) is 0.375. The average Bonchev–Trinajstić information content (AvgIpc) is 2.47. The van der Waals surface area contributed by atoms with Crippen LogP contribution in [0.4, 0.5) is 11.6 Å². The lowest BCUT2D eigenvalue weighted by atomic mass is 10.0. The molecule has 1 aromatic heterocycles. The highest BCUT2D eigenvalue weighted by Crippen LogP contribution is 2.22. The van der Waals surface area contributed by atoms with Crippen molar-refractivity contribution >= 4 is 11.6 Å². The molecule has 0 saturated heterocycles. The lowest BCUT2D eigenvalue weighted by molar-refractivity contribution is 0.545. The standard InChI is InChI=1S/C16H22N4/c1-5-16(2,3)20-14-11-13(17-4)18-15(19-14)12-9-7-6-8-10-12/h6-11H,5H2,1-4H3,(H2,17,18,19,20). The number of nitrogens with zero attached hydrogens (tertiary/aromatic N) is 2. The van der Waals surface area contributed by atoms with Crippen molar-refractivity contribution in [1.29, 1.82) is 0 Å². The Morgan fingerprint density at radius 2 is 1.70 bits per heavy atom. The molecule has 0 bridgehead atoms. The number of hydrogen-bond donors (Lipinski definition) is 2. The van der Waals surface area contributed by atoms with E-state index in [1.807, 2.05) is 43.4 Å². The Labute approximate surface area is 120 Å². The second kappa shape index (κ2) is 5.90. The van der Waals surface area contributed by atoms with Gasteiger partial charge in [0.1, 0.15) is 11.6 Å². The first-order valence-electron chi connectivity index (χ1n) is 6.94. The van der Waals surface area contributed by atoms with E-state index < -0.39 is 0 Å². The van der Waals surface area contributed by atoms with Crippen molar-refractivity contribution < 1.29 is 0 Å². The van der Waals surface area contributed by atoms with Crippen LogP contribution in [0.3, 0.4) is 0 Å². The molecule has 1 heterocycles. The van der Waals surface area contributed by atoms with Gasteiger partial charge in [-0.2, -0.15) is 0 Å². The van der Waals surface area contributed by atoms with Crippen molar-refractivity contribution in [2.24, 2.45) is 0 Å². The maximum Gasteiger partial charge on any atom is 0.163 e. The minimum atomic E-state index is 0.00726. The number of anilines is 2. The summed E-state index contributed by atoms with van der Waals surface area (Å²) in [6.45, 7) is 6.48. The molecule has 2 rings (SSSR count). The number of nitrogens with one attached hydrogen (secondary N) is 2. The molecule has 0 radical (unpaired) electrons. The van der Waals surface area contributed by atoms with E-state index in [0.717, 1.165) is 29.4 Å². The van der Waals surface area contributed by atoms with Gasteiger partial charge in [-0.1, -0.05) is 37.3 Å². The highest BCUT2D eigenvalue weighted by molar-refractivity contribution is 5.61. The Balaban J connectivity index is 2.39. The van der Waals surface area contributed by atoms with Gasteiger partial charge in [0.15, 0.2) is 5.82 Å². The molecule has 4 nitrogen and oxygen atoms in total. The second-order valence-corrected chi connectivity index (χ2v) is 5.44. The van der Waals surface area contributed by atoms with Gasteiger partial charge in [0.2, 0.25) is 0 Å². The molecule has 2 N–H and O–H groups in total. The van der Waals surface area contributed by atoms with Crippen molar-refractivity contribution in [2.75, 3.05) is 17.7 Å². The molecular weight excluding hydrogens is 248 g/mol. The van der Waals surface area contributed by atoms with Gasteiger partial charge < -0.3 is 10.6 Å². The summed E-state index contributed by atoms with van der Waals surface area (Å²) >= 11 is 0. The number of rotatable bonds is 5. The predicted octanol–water partition coefficient (Wildman–Crippen LogP) is 3.79. The lowest BCUT2D eigenvalue weighted by Crippen LogP contribution is -2.30. The molecule has 0 aliphatic rings. The largest absolute Gasteiger partial charge is 0.373 e. The van der Waals surface area contributed by atoms with Gasteiger partial charge >= 0.3 is 0 Å². The molecule has 0 aliphatic carbocycles. The fourth-order valence-corrected chi connectivity index (χ4v) is 1.79. The van der Waals surface area contributed by atoms with E-state index in [-0.39, 0.29) is 5.54 Å². The summed E-state index contributed by atoms with van der Waals surface area (Å²) in [7, 11) is 1.87. The third-order valence-electron chi connectivity index (χ3n) is 3.36. The normalized spacial score (nSPS) is 11.2. The Kier molecular flexibility index (Phi) is 4.23. The zero-order valence-electron chi connectivity index (χ0n) is 12.6. The highest BCUT2D eigenvalue weighted by Gasteiger charge is 2.16. The SMILES string of the molecule is CCC(C)(C)Nc1cc(NC)nc(-c2ccccc2)n1. The predicted molar refractivity (Wildman–Crippen MR) is 85.0 cm³/mol. The van der Waals surface area contributed by atoms with Gasteiger partial charge in [-0.05, 0) is 20.3 Å². The quantitative estimate of drug-likeness (QED) is 0.868. The van der Waals surface area contributed by atoms with Gasteiger partial charge in [-0.3, -0.25) is 0 Å². The third-order valence-corrected chi connectivity index (χ3v) is 3.36. The van der Waals surface area contributed by atoms with Gasteiger partial charge in [-0.15, -0.1) is 0 Å². The maximum absolute atomic E-state index is 4.62. The van der Waals surface area contributed by atoms with Crippen molar-refractivity contribution in [3.05, 3.63) is 36.4 Å². The van der Waals surface area contributed by atoms with Gasteiger partial charge in [0.05, 0.1) is 0 Å². The van der Waals surface area contributed by atoms with Crippen molar-refractivity contribution in [2.45, 2.75) is 32.7 Å². The molecule has 0 amide bonds. The van der Waals surface area contributed by atoms with Crippen LogP contribution in [0.15, 0.2) is 36.4 Å². The maximum atomic E-state index is 4.62. The van der Waals surface area contributed by atoms with E-state index in [4.69, 9.17) is 0 Å². The van der Waals surface area contributed by atoms with E-state index in [9.17, 15) is 0 Å². The van der Waals surface area contributed by atoms with E-state index in [1.54, 1.807) is 0 Å². The van der Waals surface area contributed by atoms with Crippen molar-refractivity contribution in [3.63, 3.8) is 0 Å². The van der Waals surface area contributed by atoms with E-state index in [2.05, 4.69) is 41.4 Å². The number of benzene rings is 1. The lowest BCUT2D eigenvalue weighted by Gasteiger charge is -2.25. The summed E-state index contributed by atoms with van der Waals surface area (Å²) in [5.74, 6) is 2.38. The molecule has 2 aromatic rings. The van der Waals surface area contributed by atoms with Crippen LogP contribution in [0.25, 0.3) is 11.4 Å². The van der Waals surface area contributed by atoms with Crippen LogP contribution in [0.1, 0.15) is 27.2 Å². The zero-order chi connectivity index (χ0) is 14.6. The molecule has 0 fully saturated rings. The minimum Gasteiger partial charge on any atom is -0.373 e. The molecule has 0 aliphatic heterocycles. The number of aromatic nitrogens is 2. The highest BCUT2D eigenvalue weighted by atomic mass is 15.1. The average molecular weight is 270 g/mol. The summed E-state index contributed by atoms with van der Waals surface area (Å²) in [5.41, 5.74) is 1.02. The number of hydrogen-bond acceptors (Lipinski definition) is 4. The Morgan fingerprint density at radius 1 is 1.05 bits per heavy atom. The molecule has 0 atom stereocenters. The zero-order valence-corrected chi connectivity index (χ0v) is 12.6. The van der Waals surface area contributed by atoms with Crippen LogP contribution in [0.5, 0.6) is 0 Å². The first-order valence-corrected chi connectivity index (χ1v) is 6.94. The minimum absolute atomic E-state index is 0.00726. The summed E-state index contributed by atoms with van der Waals surface area (Å²) in [6.07, 6.45) is 1.02. The molecule has 1 aromatic carbocycles. The molecule has 0 unspecified atom stereocenters. The van der Waals surface area contributed by atoms with Gasteiger partial charge in [-0.25, -0.2) is 9.97 Å². The van der Waals surface area contributed by atoms with Crippen LogP contribution < -0.4 is 10.6 Å². The second-order valence-electron chi connectivity index (χ2n) is 5.44. The Morgan fingerprint density at radius 3 is 2.30 bits per heavy atom. The molecule has 106 valence electrons. The van der Waals surface area contributed by atoms with Gasteiger partial charge in [0, 0.05) is 24.2 Å². The van der Waals surface area contributed by atoms with Crippen molar-refractivity contribution in [3.8, 4) is 11.4 Å². The summed E-state index contributed by atoms with van der Waals surface area (Å²) in [4.78, 5) is 9.14. The molecule has 0 spiro atoms. The van der Waals surface area contributed by atoms with Crippen LogP contribution in [0, 0.1) is 0 Å². The summed E-state index contributed by atoms with van der Waals surface area (Å²) in [6, 6.07) is 11.9. The molecule has 20 heavy (non-hydrogen) atoms. The topological polar surface area (TPSA) is 49.8 Å². The van der Waals surface area contributed by atoms with Crippen LogP contribution in [-0.4, -0.2) is 22.6 Å². The van der Waals surface area contributed by atoms with Crippen molar-refractivity contribution in [1.82, 2.24) is 9.97 Å². The third kappa shape index (κ3) is 3.47. The van der Waals surface area contributed by atoms with Crippen LogP contribution in [-0.2, 0) is 0 Å². The summed E-state index contributed by atoms with van der Waals surface area (Å²) in [5, 5.41) is 6.55. The van der Waals surface area contributed by atoms with Crippen LogP contribution >= 0.6 is 0 Å². The first-order chi connectivity index (χ1) is 9.54. The summed E-state index contributed by atoms with van der Waals surface area (Å²) < 4.78 is 0.